The Hall–Kier alpha value is -1.84. The van der Waals surface area contributed by atoms with Crippen molar-refractivity contribution in [3.05, 3.63) is 29.6 Å². The molecule has 1 aromatic carbocycles. The van der Waals surface area contributed by atoms with E-state index < -0.39 is 0 Å². The highest BCUT2D eigenvalue weighted by molar-refractivity contribution is 5.81. The Morgan fingerprint density at radius 3 is 2.88 bits per heavy atom. The van der Waals surface area contributed by atoms with E-state index in [-0.39, 0.29) is 12.3 Å². The van der Waals surface area contributed by atoms with Crippen LogP contribution in [0.4, 0.5) is 0 Å². The Bertz CT molecular complexity index is 542. The van der Waals surface area contributed by atoms with Crippen LogP contribution in [0.1, 0.15) is 18.3 Å². The van der Waals surface area contributed by atoms with Crippen molar-refractivity contribution in [1.82, 2.24) is 9.55 Å². The topological polar surface area (TPSA) is 60.9 Å². The molecular weight excluding hydrogens is 202 g/mol. The number of nitrogens with two attached hydrogens (primary N) is 1. The largest absolute Gasteiger partial charge is 0.369 e. The molecule has 16 heavy (non-hydrogen) atoms. The highest BCUT2D eigenvalue weighted by atomic mass is 16.1. The number of hydrogen-bond acceptors (Lipinski definition) is 2. The molecule has 2 aromatic rings. The molecule has 0 aliphatic rings. The van der Waals surface area contributed by atoms with E-state index in [4.69, 9.17) is 5.73 Å². The average Bonchev–Trinajstić information content (AvgIpc) is 2.54. The lowest BCUT2D eigenvalue weighted by atomic mass is 10.1. The van der Waals surface area contributed by atoms with Crippen LogP contribution in [0.2, 0.25) is 0 Å². The lowest BCUT2D eigenvalue weighted by Gasteiger charge is -1.99. The standard InChI is InChI=1S/C12H15N3O/c1-3-12-14-9-6-8(7-11(13)16)4-5-10(9)15(12)2/h4-6H,3,7H2,1-2H3,(H2,13,16). The number of carbonyl (C=O) groups is 1. The van der Waals surface area contributed by atoms with Gasteiger partial charge >= 0.3 is 0 Å². The van der Waals surface area contributed by atoms with E-state index in [2.05, 4.69) is 16.5 Å². The summed E-state index contributed by atoms with van der Waals surface area (Å²) in [6.45, 7) is 2.07. The second-order valence-electron chi connectivity index (χ2n) is 3.91. The van der Waals surface area contributed by atoms with Gasteiger partial charge in [-0.3, -0.25) is 4.79 Å². The first-order chi connectivity index (χ1) is 7.61. The van der Waals surface area contributed by atoms with Crippen LogP contribution in [-0.2, 0) is 24.7 Å². The van der Waals surface area contributed by atoms with Gasteiger partial charge in [-0.15, -0.1) is 0 Å². The summed E-state index contributed by atoms with van der Waals surface area (Å²) in [5.74, 6) is 0.734. The molecule has 0 aliphatic heterocycles. The lowest BCUT2D eigenvalue weighted by Crippen LogP contribution is -2.13. The maximum absolute atomic E-state index is 10.8. The summed E-state index contributed by atoms with van der Waals surface area (Å²) < 4.78 is 2.07. The Labute approximate surface area is 94.1 Å². The summed E-state index contributed by atoms with van der Waals surface area (Å²) in [5.41, 5.74) is 8.10. The van der Waals surface area contributed by atoms with E-state index in [1.165, 1.54) is 0 Å². The zero-order valence-electron chi connectivity index (χ0n) is 9.53. The predicted molar refractivity (Wildman–Crippen MR) is 63.0 cm³/mol. The fourth-order valence-electron chi connectivity index (χ4n) is 1.92. The first kappa shape index (κ1) is 10.7. The normalized spacial score (nSPS) is 10.9. The van der Waals surface area contributed by atoms with E-state index in [1.54, 1.807) is 0 Å². The zero-order chi connectivity index (χ0) is 11.7. The van der Waals surface area contributed by atoms with Crippen molar-refractivity contribution in [2.75, 3.05) is 0 Å². The maximum atomic E-state index is 10.8. The molecule has 0 radical (unpaired) electrons. The van der Waals surface area contributed by atoms with Crippen molar-refractivity contribution in [2.24, 2.45) is 12.8 Å². The molecule has 2 rings (SSSR count). The number of primary amides is 1. The van der Waals surface area contributed by atoms with Gasteiger partial charge in [0.15, 0.2) is 0 Å². The number of imidazole rings is 1. The molecule has 1 heterocycles. The van der Waals surface area contributed by atoms with Crippen molar-refractivity contribution in [3.8, 4) is 0 Å². The van der Waals surface area contributed by atoms with Crippen molar-refractivity contribution in [1.29, 1.82) is 0 Å². The molecule has 0 spiro atoms. The van der Waals surface area contributed by atoms with Crippen LogP contribution >= 0.6 is 0 Å². The smallest absolute Gasteiger partial charge is 0.221 e. The van der Waals surface area contributed by atoms with Gasteiger partial charge in [-0.1, -0.05) is 13.0 Å². The van der Waals surface area contributed by atoms with Crippen molar-refractivity contribution in [3.63, 3.8) is 0 Å². The molecule has 4 nitrogen and oxygen atoms in total. The third kappa shape index (κ3) is 1.78. The number of rotatable bonds is 3. The van der Waals surface area contributed by atoms with Gasteiger partial charge in [0.1, 0.15) is 5.82 Å². The monoisotopic (exact) mass is 217 g/mol. The first-order valence-electron chi connectivity index (χ1n) is 5.34. The Morgan fingerprint density at radius 1 is 1.50 bits per heavy atom. The highest BCUT2D eigenvalue weighted by Gasteiger charge is 2.07. The fraction of sp³-hybridized carbons (Fsp3) is 0.333. The Morgan fingerprint density at radius 2 is 2.25 bits per heavy atom. The quantitative estimate of drug-likeness (QED) is 0.838. The summed E-state index contributed by atoms with van der Waals surface area (Å²) in [5, 5.41) is 0. The predicted octanol–water partition coefficient (Wildman–Crippen LogP) is 1.16. The third-order valence-corrected chi connectivity index (χ3v) is 2.73. The molecule has 0 saturated carbocycles. The summed E-state index contributed by atoms with van der Waals surface area (Å²) in [4.78, 5) is 15.3. The molecule has 1 aromatic heterocycles. The summed E-state index contributed by atoms with van der Waals surface area (Å²) >= 11 is 0. The minimum absolute atomic E-state index is 0.272. The van der Waals surface area contributed by atoms with Crippen LogP contribution in [0.3, 0.4) is 0 Å². The number of aromatic nitrogens is 2. The molecule has 0 unspecified atom stereocenters. The average molecular weight is 217 g/mol. The molecule has 84 valence electrons. The van der Waals surface area contributed by atoms with Crippen LogP contribution in [0.25, 0.3) is 11.0 Å². The molecular formula is C12H15N3O. The molecule has 0 bridgehead atoms. The molecule has 4 heteroatoms. The van der Waals surface area contributed by atoms with Crippen LogP contribution in [0.5, 0.6) is 0 Å². The van der Waals surface area contributed by atoms with Gasteiger partial charge in [-0.2, -0.15) is 0 Å². The van der Waals surface area contributed by atoms with Crippen LogP contribution in [0, 0.1) is 0 Å². The van der Waals surface area contributed by atoms with Gasteiger partial charge in [0.2, 0.25) is 5.91 Å². The van der Waals surface area contributed by atoms with Gasteiger partial charge in [0.05, 0.1) is 17.5 Å². The Kier molecular flexibility index (Phi) is 2.64. The van der Waals surface area contributed by atoms with E-state index in [0.717, 1.165) is 28.8 Å². The Balaban J connectivity index is 2.50. The van der Waals surface area contributed by atoms with E-state index in [1.807, 2.05) is 25.2 Å². The number of aryl methyl sites for hydroxylation is 2. The lowest BCUT2D eigenvalue weighted by molar-refractivity contribution is -0.117. The van der Waals surface area contributed by atoms with Crippen molar-refractivity contribution < 1.29 is 4.79 Å². The first-order valence-corrected chi connectivity index (χ1v) is 5.34. The van der Waals surface area contributed by atoms with Crippen LogP contribution in [0.15, 0.2) is 18.2 Å². The van der Waals surface area contributed by atoms with Crippen LogP contribution < -0.4 is 5.73 Å². The minimum Gasteiger partial charge on any atom is -0.369 e. The molecule has 0 atom stereocenters. The van der Waals surface area contributed by atoms with E-state index in [9.17, 15) is 4.79 Å². The van der Waals surface area contributed by atoms with Gasteiger partial charge in [0.25, 0.3) is 0 Å². The number of nitrogens with zero attached hydrogens (tertiary/aromatic N) is 2. The molecule has 1 amide bonds. The second kappa shape index (κ2) is 3.96. The summed E-state index contributed by atoms with van der Waals surface area (Å²) in [6, 6.07) is 5.84. The second-order valence-corrected chi connectivity index (χ2v) is 3.91. The van der Waals surface area contributed by atoms with Gasteiger partial charge in [-0.05, 0) is 17.7 Å². The van der Waals surface area contributed by atoms with Crippen molar-refractivity contribution in [2.45, 2.75) is 19.8 Å². The number of amides is 1. The number of carbonyl (C=O) groups excluding carboxylic acids is 1. The third-order valence-electron chi connectivity index (χ3n) is 2.73. The van der Waals surface area contributed by atoms with E-state index in [0.29, 0.717) is 0 Å². The number of hydrogen-bond donors (Lipinski definition) is 1. The fourth-order valence-corrected chi connectivity index (χ4v) is 1.92. The minimum atomic E-state index is -0.314. The molecule has 0 fully saturated rings. The maximum Gasteiger partial charge on any atom is 0.221 e. The van der Waals surface area contributed by atoms with Gasteiger partial charge in [0, 0.05) is 13.5 Å². The highest BCUT2D eigenvalue weighted by Crippen LogP contribution is 2.17. The number of benzene rings is 1. The number of fused-ring (bicyclic) bond motifs is 1. The molecule has 0 saturated heterocycles. The van der Waals surface area contributed by atoms with Gasteiger partial charge < -0.3 is 10.3 Å². The zero-order valence-corrected chi connectivity index (χ0v) is 9.53. The summed E-state index contributed by atoms with van der Waals surface area (Å²) in [7, 11) is 2.00. The van der Waals surface area contributed by atoms with Gasteiger partial charge in [-0.25, -0.2) is 4.98 Å². The molecule has 2 N–H and O–H groups in total. The summed E-state index contributed by atoms with van der Waals surface area (Å²) in [6.07, 6.45) is 1.17. The van der Waals surface area contributed by atoms with Crippen molar-refractivity contribution >= 4 is 16.9 Å². The van der Waals surface area contributed by atoms with E-state index >= 15 is 0 Å². The SMILES string of the molecule is CCc1nc2cc(CC(N)=O)ccc2n1C. The van der Waals surface area contributed by atoms with Crippen LogP contribution in [-0.4, -0.2) is 15.5 Å². The molecule has 0 aliphatic carbocycles.